The summed E-state index contributed by atoms with van der Waals surface area (Å²) in [6.07, 6.45) is 0. The van der Waals surface area contributed by atoms with Gasteiger partial charge in [0.1, 0.15) is 12.4 Å². The Morgan fingerprint density at radius 1 is 0.828 bits per heavy atom. The number of phosphoric acid groups is 1. The number of aliphatic hydroxyl groups is 1. The molecular formula is C22H23O6P. The van der Waals surface area contributed by atoms with Crippen molar-refractivity contribution < 1.29 is 28.3 Å². The average molecular weight is 414 g/mol. The summed E-state index contributed by atoms with van der Waals surface area (Å²) in [5, 5.41) is 9.20. The van der Waals surface area contributed by atoms with E-state index < -0.39 is 7.82 Å². The van der Waals surface area contributed by atoms with Gasteiger partial charge in [-0.25, -0.2) is 4.57 Å². The van der Waals surface area contributed by atoms with Crippen molar-refractivity contribution in [1.29, 1.82) is 0 Å². The third kappa shape index (κ3) is 6.26. The molecule has 0 fully saturated rings. The van der Waals surface area contributed by atoms with Crippen molar-refractivity contribution >= 4 is 7.82 Å². The lowest BCUT2D eigenvalue weighted by Crippen LogP contribution is -1.96. The van der Waals surface area contributed by atoms with Crippen LogP contribution >= 0.6 is 7.82 Å². The van der Waals surface area contributed by atoms with Gasteiger partial charge in [0.25, 0.3) is 0 Å². The minimum Gasteiger partial charge on any atom is -0.489 e. The Balaban J connectivity index is 1.58. The molecule has 1 atom stereocenters. The quantitative estimate of drug-likeness (QED) is 0.494. The topological polar surface area (TPSA) is 85.2 Å². The first-order valence-electron chi connectivity index (χ1n) is 9.03. The molecule has 7 heteroatoms. The minimum atomic E-state index is -3.97. The number of rotatable bonds is 9. The van der Waals surface area contributed by atoms with E-state index in [0.29, 0.717) is 6.61 Å². The Bertz CT molecular complexity index is 969. The molecule has 3 aromatic carbocycles. The smallest absolute Gasteiger partial charge is 0.472 e. The lowest BCUT2D eigenvalue weighted by atomic mass is 10.0. The highest BCUT2D eigenvalue weighted by molar-refractivity contribution is 7.47. The van der Waals surface area contributed by atoms with Crippen molar-refractivity contribution in [3.05, 3.63) is 89.5 Å². The highest BCUT2D eigenvalue weighted by Gasteiger charge is 2.18. The van der Waals surface area contributed by atoms with Crippen molar-refractivity contribution in [3.63, 3.8) is 0 Å². The molecule has 0 bridgehead atoms. The first-order valence-corrected chi connectivity index (χ1v) is 10.5. The Morgan fingerprint density at radius 2 is 1.45 bits per heavy atom. The second-order valence-corrected chi connectivity index (χ2v) is 7.97. The molecule has 0 aliphatic rings. The molecule has 29 heavy (non-hydrogen) atoms. The van der Waals surface area contributed by atoms with Crippen LogP contribution in [0.15, 0.2) is 72.8 Å². The van der Waals surface area contributed by atoms with Crippen LogP contribution in [0.1, 0.15) is 16.7 Å². The summed E-state index contributed by atoms with van der Waals surface area (Å²) in [6, 6.07) is 22.9. The van der Waals surface area contributed by atoms with Gasteiger partial charge in [-0.2, -0.15) is 0 Å². The molecule has 0 heterocycles. The zero-order valence-corrected chi connectivity index (χ0v) is 16.9. The maximum absolute atomic E-state index is 11.3. The lowest BCUT2D eigenvalue weighted by molar-refractivity contribution is 0.166. The molecule has 2 N–H and O–H groups in total. The normalized spacial score (nSPS) is 13.1. The van der Waals surface area contributed by atoms with Gasteiger partial charge < -0.3 is 14.7 Å². The van der Waals surface area contributed by atoms with Gasteiger partial charge in [0, 0.05) is 7.11 Å². The van der Waals surface area contributed by atoms with Gasteiger partial charge in [0.15, 0.2) is 0 Å². The van der Waals surface area contributed by atoms with Crippen LogP contribution in [0, 0.1) is 0 Å². The largest absolute Gasteiger partial charge is 0.489 e. The van der Waals surface area contributed by atoms with Gasteiger partial charge in [-0.15, -0.1) is 0 Å². The fourth-order valence-electron chi connectivity index (χ4n) is 2.73. The number of phosphoric ester groups is 1. The summed E-state index contributed by atoms with van der Waals surface area (Å²) in [6.45, 7) is 0.434. The molecule has 0 aliphatic heterocycles. The van der Waals surface area contributed by atoms with Crippen LogP contribution in [0.3, 0.4) is 0 Å². The molecule has 0 saturated heterocycles. The molecule has 0 radical (unpaired) electrons. The average Bonchev–Trinajstić information content (AvgIpc) is 2.77. The molecule has 0 aliphatic carbocycles. The van der Waals surface area contributed by atoms with Crippen LogP contribution in [0.5, 0.6) is 5.75 Å². The van der Waals surface area contributed by atoms with E-state index in [9.17, 15) is 14.6 Å². The Kier molecular flexibility index (Phi) is 7.20. The van der Waals surface area contributed by atoms with Gasteiger partial charge >= 0.3 is 7.82 Å². The van der Waals surface area contributed by atoms with Gasteiger partial charge in [0.2, 0.25) is 0 Å². The summed E-state index contributed by atoms with van der Waals surface area (Å²) < 4.78 is 26.4. The van der Waals surface area contributed by atoms with Crippen LogP contribution in [0.25, 0.3) is 11.1 Å². The highest BCUT2D eigenvalue weighted by atomic mass is 31.2. The number of hydrogen-bond donors (Lipinski definition) is 2. The lowest BCUT2D eigenvalue weighted by Gasteiger charge is -2.10. The predicted octanol–water partition coefficient (Wildman–Crippen LogP) is 4.69. The van der Waals surface area contributed by atoms with E-state index in [1.807, 2.05) is 72.8 Å². The summed E-state index contributed by atoms with van der Waals surface area (Å²) >= 11 is 0. The maximum Gasteiger partial charge on any atom is 0.472 e. The molecule has 3 rings (SSSR count). The monoisotopic (exact) mass is 414 g/mol. The number of ether oxygens (including phenoxy) is 1. The Hall–Kier alpha value is -2.47. The molecule has 152 valence electrons. The molecule has 1 unspecified atom stereocenters. The van der Waals surface area contributed by atoms with E-state index in [-0.39, 0.29) is 13.2 Å². The van der Waals surface area contributed by atoms with Gasteiger partial charge in [-0.1, -0.05) is 60.7 Å². The van der Waals surface area contributed by atoms with Gasteiger partial charge in [0.05, 0.1) is 13.2 Å². The summed E-state index contributed by atoms with van der Waals surface area (Å²) in [5.41, 5.74) is 4.66. The molecule has 0 amide bonds. The second-order valence-electron chi connectivity index (χ2n) is 6.41. The van der Waals surface area contributed by atoms with Crippen LogP contribution in [0.2, 0.25) is 0 Å². The number of aliphatic hydroxyl groups excluding tert-OH is 1. The van der Waals surface area contributed by atoms with Crippen molar-refractivity contribution in [2.45, 2.75) is 19.8 Å². The van der Waals surface area contributed by atoms with Crippen molar-refractivity contribution in [2.75, 3.05) is 7.11 Å². The van der Waals surface area contributed by atoms with E-state index in [2.05, 4.69) is 4.52 Å². The molecule has 3 aromatic rings. The van der Waals surface area contributed by atoms with Crippen LogP contribution in [-0.2, 0) is 33.4 Å². The Labute approximate surface area is 169 Å². The third-order valence-corrected chi connectivity index (χ3v) is 5.26. The van der Waals surface area contributed by atoms with Gasteiger partial charge in [-0.3, -0.25) is 9.05 Å². The van der Waals surface area contributed by atoms with Crippen molar-refractivity contribution in [2.24, 2.45) is 0 Å². The van der Waals surface area contributed by atoms with Crippen molar-refractivity contribution in [3.8, 4) is 16.9 Å². The fourth-order valence-corrected chi connectivity index (χ4v) is 3.15. The van der Waals surface area contributed by atoms with Crippen LogP contribution < -0.4 is 4.74 Å². The molecule has 6 nitrogen and oxygen atoms in total. The number of benzene rings is 3. The van der Waals surface area contributed by atoms with Crippen molar-refractivity contribution in [1.82, 2.24) is 0 Å². The highest BCUT2D eigenvalue weighted by Crippen LogP contribution is 2.42. The summed E-state index contributed by atoms with van der Waals surface area (Å²) in [4.78, 5) is 9.27. The third-order valence-electron chi connectivity index (χ3n) is 4.35. The predicted molar refractivity (Wildman–Crippen MR) is 110 cm³/mol. The molecule has 0 saturated carbocycles. The zero-order chi connectivity index (χ0) is 20.7. The van der Waals surface area contributed by atoms with E-state index in [1.54, 1.807) is 0 Å². The van der Waals surface area contributed by atoms with Gasteiger partial charge in [-0.05, 0) is 39.9 Å². The fraction of sp³-hybridized carbons (Fsp3) is 0.182. The second kappa shape index (κ2) is 9.83. The molecular weight excluding hydrogens is 391 g/mol. The summed E-state index contributed by atoms with van der Waals surface area (Å²) in [7, 11) is -2.85. The summed E-state index contributed by atoms with van der Waals surface area (Å²) in [5.74, 6) is 0.756. The standard InChI is InChI=1S/C22H23O6P/c1-26-29(24,25)28-16-17-5-7-20(8-6-17)21-9-11-22(12-10-21)27-15-19-4-2-3-18(13-19)14-23/h2-13,23H,14-16H2,1H3,(H,24,25). The zero-order valence-electron chi connectivity index (χ0n) is 16.0. The van der Waals surface area contributed by atoms with Crippen LogP contribution in [-0.4, -0.2) is 17.1 Å². The van der Waals surface area contributed by atoms with E-state index in [4.69, 9.17) is 9.26 Å². The number of hydrogen-bond acceptors (Lipinski definition) is 5. The van der Waals surface area contributed by atoms with Crippen LogP contribution in [0.4, 0.5) is 0 Å². The molecule has 0 spiro atoms. The maximum atomic E-state index is 11.3. The Morgan fingerprint density at radius 3 is 2.07 bits per heavy atom. The molecule has 0 aromatic heterocycles. The van der Waals surface area contributed by atoms with E-state index in [0.717, 1.165) is 40.7 Å². The minimum absolute atomic E-state index is 0.00778. The van der Waals surface area contributed by atoms with E-state index in [1.165, 1.54) is 0 Å². The first kappa shape index (κ1) is 21.2. The SMILES string of the molecule is COP(=O)(O)OCc1ccc(-c2ccc(OCc3cccc(CO)c3)cc2)cc1. The van der Waals surface area contributed by atoms with E-state index >= 15 is 0 Å². The first-order chi connectivity index (χ1) is 14.0.